The van der Waals surface area contributed by atoms with Gasteiger partial charge in [0.25, 0.3) is 5.91 Å². The number of nitrogens with one attached hydrogen (secondary N) is 2. The van der Waals surface area contributed by atoms with E-state index >= 15 is 0 Å². The molecule has 1 aromatic heterocycles. The SMILES string of the molecule is Cc1cc(C)nc(Nc2cccc(NC(=O)C(C)Oc3ccc(Br)cc3)c2)n1. The molecule has 144 valence electrons. The van der Waals surface area contributed by atoms with Crippen molar-refractivity contribution in [3.05, 3.63) is 70.5 Å². The van der Waals surface area contributed by atoms with Crippen molar-refractivity contribution in [2.24, 2.45) is 0 Å². The molecule has 1 heterocycles. The molecule has 3 rings (SSSR count). The quantitative estimate of drug-likeness (QED) is 0.563. The van der Waals surface area contributed by atoms with Crippen molar-refractivity contribution in [1.29, 1.82) is 0 Å². The number of hydrogen-bond donors (Lipinski definition) is 2. The highest BCUT2D eigenvalue weighted by atomic mass is 79.9. The second-order valence-corrected chi connectivity index (χ2v) is 7.30. The van der Waals surface area contributed by atoms with E-state index in [2.05, 4.69) is 36.5 Å². The Hall–Kier alpha value is -2.93. The Morgan fingerprint density at radius 3 is 2.32 bits per heavy atom. The third kappa shape index (κ3) is 5.53. The monoisotopic (exact) mass is 440 g/mol. The van der Waals surface area contributed by atoms with E-state index in [1.165, 1.54) is 0 Å². The van der Waals surface area contributed by atoms with Crippen LogP contribution in [0.1, 0.15) is 18.3 Å². The Kier molecular flexibility index (Phi) is 6.26. The number of rotatable bonds is 6. The first kappa shape index (κ1) is 19.8. The van der Waals surface area contributed by atoms with Crippen LogP contribution in [0.2, 0.25) is 0 Å². The Labute approximate surface area is 172 Å². The molecule has 0 radical (unpaired) electrons. The highest BCUT2D eigenvalue weighted by Gasteiger charge is 2.15. The van der Waals surface area contributed by atoms with E-state index in [0.717, 1.165) is 21.5 Å². The zero-order valence-electron chi connectivity index (χ0n) is 15.9. The lowest BCUT2D eigenvalue weighted by atomic mass is 10.2. The lowest BCUT2D eigenvalue weighted by Crippen LogP contribution is -2.30. The lowest BCUT2D eigenvalue weighted by Gasteiger charge is -2.15. The van der Waals surface area contributed by atoms with Crippen LogP contribution in [-0.4, -0.2) is 22.0 Å². The lowest BCUT2D eigenvalue weighted by molar-refractivity contribution is -0.122. The minimum atomic E-state index is -0.638. The van der Waals surface area contributed by atoms with Gasteiger partial charge in [0.2, 0.25) is 5.95 Å². The van der Waals surface area contributed by atoms with Gasteiger partial charge in [0, 0.05) is 27.2 Å². The molecule has 0 aliphatic rings. The molecule has 0 spiro atoms. The summed E-state index contributed by atoms with van der Waals surface area (Å²) in [5, 5.41) is 6.03. The summed E-state index contributed by atoms with van der Waals surface area (Å²) < 4.78 is 6.64. The second kappa shape index (κ2) is 8.84. The molecular formula is C21H21BrN4O2. The molecule has 2 aromatic carbocycles. The fraction of sp³-hybridized carbons (Fsp3) is 0.190. The number of amides is 1. The van der Waals surface area contributed by atoms with Gasteiger partial charge in [0.15, 0.2) is 6.10 Å². The van der Waals surface area contributed by atoms with Crippen molar-refractivity contribution in [1.82, 2.24) is 9.97 Å². The van der Waals surface area contributed by atoms with Crippen LogP contribution >= 0.6 is 15.9 Å². The third-order valence-corrected chi connectivity index (χ3v) is 4.39. The number of halogens is 1. The van der Waals surface area contributed by atoms with Crippen LogP contribution in [-0.2, 0) is 4.79 Å². The van der Waals surface area contributed by atoms with Crippen LogP contribution in [0.5, 0.6) is 5.75 Å². The van der Waals surface area contributed by atoms with Gasteiger partial charge in [0.05, 0.1) is 0 Å². The van der Waals surface area contributed by atoms with Gasteiger partial charge >= 0.3 is 0 Å². The molecular weight excluding hydrogens is 420 g/mol. The van der Waals surface area contributed by atoms with E-state index < -0.39 is 6.10 Å². The Morgan fingerprint density at radius 1 is 1.00 bits per heavy atom. The molecule has 2 N–H and O–H groups in total. The van der Waals surface area contributed by atoms with Crippen molar-refractivity contribution in [3.8, 4) is 5.75 Å². The molecule has 1 unspecified atom stereocenters. The Bertz CT molecular complexity index is 956. The molecule has 3 aromatic rings. The van der Waals surface area contributed by atoms with Crippen LogP contribution in [0.15, 0.2) is 59.1 Å². The first-order valence-corrected chi connectivity index (χ1v) is 9.61. The maximum atomic E-state index is 12.5. The van der Waals surface area contributed by atoms with Gasteiger partial charge in [-0.25, -0.2) is 9.97 Å². The van der Waals surface area contributed by atoms with Gasteiger partial charge < -0.3 is 15.4 Å². The number of anilines is 3. The molecule has 1 amide bonds. The molecule has 28 heavy (non-hydrogen) atoms. The van der Waals surface area contributed by atoms with E-state index in [0.29, 0.717) is 17.4 Å². The van der Waals surface area contributed by atoms with Crippen LogP contribution in [0.3, 0.4) is 0 Å². The Balaban J connectivity index is 1.64. The van der Waals surface area contributed by atoms with Crippen LogP contribution in [0.4, 0.5) is 17.3 Å². The summed E-state index contributed by atoms with van der Waals surface area (Å²) >= 11 is 3.37. The van der Waals surface area contributed by atoms with Gasteiger partial charge in [-0.05, 0) is 69.3 Å². The summed E-state index contributed by atoms with van der Waals surface area (Å²) in [5.41, 5.74) is 3.21. The largest absolute Gasteiger partial charge is 0.481 e. The van der Waals surface area contributed by atoms with E-state index in [-0.39, 0.29) is 5.91 Å². The summed E-state index contributed by atoms with van der Waals surface area (Å²) in [6.45, 7) is 5.55. The predicted octanol–water partition coefficient (Wildman–Crippen LogP) is 5.01. The van der Waals surface area contributed by atoms with Crippen molar-refractivity contribution in [2.75, 3.05) is 10.6 Å². The molecule has 0 saturated heterocycles. The summed E-state index contributed by atoms with van der Waals surface area (Å²) in [6, 6.07) is 16.6. The fourth-order valence-electron chi connectivity index (χ4n) is 2.60. The number of aryl methyl sites for hydroxylation is 2. The molecule has 0 bridgehead atoms. The molecule has 0 aliphatic heterocycles. The van der Waals surface area contributed by atoms with Crippen LogP contribution < -0.4 is 15.4 Å². The van der Waals surface area contributed by atoms with E-state index in [9.17, 15) is 4.79 Å². The number of ether oxygens (including phenoxy) is 1. The summed E-state index contributed by atoms with van der Waals surface area (Å²) in [7, 11) is 0. The first-order valence-electron chi connectivity index (χ1n) is 8.81. The summed E-state index contributed by atoms with van der Waals surface area (Å²) in [6.07, 6.45) is -0.638. The number of benzene rings is 2. The standard InChI is InChI=1S/C21H21BrN4O2/c1-13-11-14(2)24-21(23-13)26-18-6-4-5-17(12-18)25-20(27)15(3)28-19-9-7-16(22)8-10-19/h4-12,15H,1-3H3,(H,25,27)(H,23,24,26). The molecule has 6 nitrogen and oxygen atoms in total. The molecule has 0 saturated carbocycles. The molecule has 7 heteroatoms. The minimum absolute atomic E-state index is 0.234. The summed E-state index contributed by atoms with van der Waals surface area (Å²) in [4.78, 5) is 21.2. The van der Waals surface area contributed by atoms with Gasteiger partial charge in [-0.1, -0.05) is 22.0 Å². The smallest absolute Gasteiger partial charge is 0.265 e. The number of nitrogens with zero attached hydrogens (tertiary/aromatic N) is 2. The van der Waals surface area contributed by atoms with E-state index in [4.69, 9.17) is 4.74 Å². The van der Waals surface area contributed by atoms with E-state index in [1.807, 2.05) is 68.4 Å². The molecule has 0 aliphatic carbocycles. The number of carbonyl (C=O) groups is 1. The highest BCUT2D eigenvalue weighted by molar-refractivity contribution is 9.10. The third-order valence-electron chi connectivity index (χ3n) is 3.86. The number of aromatic nitrogens is 2. The van der Waals surface area contributed by atoms with Gasteiger partial charge in [-0.15, -0.1) is 0 Å². The van der Waals surface area contributed by atoms with E-state index in [1.54, 1.807) is 6.92 Å². The summed E-state index contributed by atoms with van der Waals surface area (Å²) in [5.74, 6) is 0.920. The molecule has 1 atom stereocenters. The Morgan fingerprint density at radius 2 is 1.64 bits per heavy atom. The number of hydrogen-bond acceptors (Lipinski definition) is 5. The average molecular weight is 441 g/mol. The maximum absolute atomic E-state index is 12.5. The van der Waals surface area contributed by atoms with Crippen molar-refractivity contribution < 1.29 is 9.53 Å². The maximum Gasteiger partial charge on any atom is 0.265 e. The van der Waals surface area contributed by atoms with Crippen LogP contribution in [0, 0.1) is 13.8 Å². The van der Waals surface area contributed by atoms with Crippen molar-refractivity contribution >= 4 is 39.2 Å². The normalized spacial score (nSPS) is 11.6. The second-order valence-electron chi connectivity index (χ2n) is 6.38. The van der Waals surface area contributed by atoms with Crippen molar-refractivity contribution in [3.63, 3.8) is 0 Å². The number of carbonyl (C=O) groups excluding carboxylic acids is 1. The predicted molar refractivity (Wildman–Crippen MR) is 114 cm³/mol. The highest BCUT2D eigenvalue weighted by Crippen LogP contribution is 2.20. The first-order chi connectivity index (χ1) is 13.4. The van der Waals surface area contributed by atoms with Gasteiger partial charge in [-0.2, -0.15) is 0 Å². The zero-order valence-corrected chi connectivity index (χ0v) is 17.4. The zero-order chi connectivity index (χ0) is 20.1. The topological polar surface area (TPSA) is 76.1 Å². The van der Waals surface area contributed by atoms with Gasteiger partial charge in [-0.3, -0.25) is 4.79 Å². The van der Waals surface area contributed by atoms with Gasteiger partial charge in [0.1, 0.15) is 5.75 Å². The van der Waals surface area contributed by atoms with Crippen molar-refractivity contribution in [2.45, 2.75) is 26.9 Å². The molecule has 0 fully saturated rings. The van der Waals surface area contributed by atoms with Crippen LogP contribution in [0.25, 0.3) is 0 Å². The minimum Gasteiger partial charge on any atom is -0.481 e. The fourth-order valence-corrected chi connectivity index (χ4v) is 2.86. The average Bonchev–Trinajstić information content (AvgIpc) is 2.63.